The number of carbonyl (C=O) groups is 2. The van der Waals surface area contributed by atoms with Gasteiger partial charge in [-0.25, -0.2) is 0 Å². The van der Waals surface area contributed by atoms with E-state index < -0.39 is 0 Å². The Morgan fingerprint density at radius 1 is 0.811 bits per heavy atom. The molecule has 5 nitrogen and oxygen atoms in total. The first kappa shape index (κ1) is 24.3. The van der Waals surface area contributed by atoms with Crippen molar-refractivity contribution in [3.63, 3.8) is 0 Å². The number of amides is 2. The van der Waals surface area contributed by atoms with Crippen LogP contribution in [0, 0.1) is 0 Å². The predicted molar refractivity (Wildman–Crippen MR) is 147 cm³/mol. The predicted octanol–water partition coefficient (Wildman–Crippen LogP) is 6.20. The molecule has 1 aliphatic rings. The maximum Gasteiger partial charge on any atom is 0.256 e. The van der Waals surface area contributed by atoms with E-state index in [0.29, 0.717) is 12.1 Å². The van der Waals surface area contributed by atoms with Crippen LogP contribution in [0.15, 0.2) is 109 Å². The van der Waals surface area contributed by atoms with E-state index in [0.717, 1.165) is 35.2 Å². The number of hydrogen-bond acceptors (Lipinski definition) is 3. The number of anilines is 1. The maximum atomic E-state index is 13.4. The molecule has 4 aromatic rings. The van der Waals surface area contributed by atoms with Gasteiger partial charge in [0, 0.05) is 35.0 Å². The lowest BCUT2D eigenvalue weighted by Crippen LogP contribution is -2.39. The number of hydrogen-bond donors (Lipinski definition) is 2. The molecule has 0 bridgehead atoms. The first-order chi connectivity index (χ1) is 18.1. The zero-order valence-corrected chi connectivity index (χ0v) is 20.9. The highest BCUT2D eigenvalue weighted by Gasteiger charge is 2.39. The highest BCUT2D eigenvalue weighted by molar-refractivity contribution is 6.00. The van der Waals surface area contributed by atoms with Crippen molar-refractivity contribution < 1.29 is 9.59 Å². The summed E-state index contributed by atoms with van der Waals surface area (Å²) in [6.07, 6.45) is 1.50. The van der Waals surface area contributed by atoms with Crippen LogP contribution in [-0.2, 0) is 13.0 Å². The Kier molecular flexibility index (Phi) is 7.31. The SMILES string of the molecule is CC(CCc1ccccc1)N1C(=O)c2ccccc2C1Nc1ccc(C(=O)NCc2ccccc2)cc1. The first-order valence-corrected chi connectivity index (χ1v) is 12.7. The molecule has 0 saturated carbocycles. The summed E-state index contributed by atoms with van der Waals surface area (Å²) in [5, 5.41) is 6.52. The number of fused-ring (bicyclic) bond motifs is 1. The molecular formula is C32H31N3O2. The van der Waals surface area contributed by atoms with Gasteiger partial charge in [0.05, 0.1) is 0 Å². The molecule has 5 heteroatoms. The smallest absolute Gasteiger partial charge is 0.256 e. The number of benzene rings is 4. The summed E-state index contributed by atoms with van der Waals surface area (Å²) in [5.41, 5.74) is 5.49. The molecule has 0 spiro atoms. The van der Waals surface area contributed by atoms with E-state index in [2.05, 4.69) is 29.7 Å². The summed E-state index contributed by atoms with van der Waals surface area (Å²) < 4.78 is 0. The zero-order chi connectivity index (χ0) is 25.6. The Balaban J connectivity index is 1.28. The van der Waals surface area contributed by atoms with E-state index in [-0.39, 0.29) is 24.0 Å². The summed E-state index contributed by atoms with van der Waals surface area (Å²) in [6.45, 7) is 2.60. The van der Waals surface area contributed by atoms with Gasteiger partial charge in [0.2, 0.25) is 0 Å². The third-order valence-electron chi connectivity index (χ3n) is 6.91. The second-order valence-corrected chi connectivity index (χ2v) is 9.47. The van der Waals surface area contributed by atoms with Crippen molar-refractivity contribution in [1.82, 2.24) is 10.2 Å². The lowest BCUT2D eigenvalue weighted by Gasteiger charge is -2.32. The average Bonchev–Trinajstić information content (AvgIpc) is 3.23. The Labute approximate surface area is 218 Å². The van der Waals surface area contributed by atoms with E-state index in [4.69, 9.17) is 0 Å². The van der Waals surface area contributed by atoms with Crippen molar-refractivity contribution in [3.8, 4) is 0 Å². The minimum Gasteiger partial charge on any atom is -0.361 e. The minimum absolute atomic E-state index is 0.0423. The maximum absolute atomic E-state index is 13.4. The summed E-state index contributed by atoms with van der Waals surface area (Å²) in [4.78, 5) is 28.0. The number of nitrogens with zero attached hydrogens (tertiary/aromatic N) is 1. The number of aryl methyl sites for hydroxylation is 1. The van der Waals surface area contributed by atoms with E-state index in [1.54, 1.807) is 0 Å². The van der Waals surface area contributed by atoms with Gasteiger partial charge in [0.1, 0.15) is 6.17 Å². The van der Waals surface area contributed by atoms with Crippen LogP contribution in [0.5, 0.6) is 0 Å². The van der Waals surface area contributed by atoms with Crippen LogP contribution in [0.4, 0.5) is 5.69 Å². The van der Waals surface area contributed by atoms with Gasteiger partial charge in [-0.15, -0.1) is 0 Å². The molecule has 2 unspecified atom stereocenters. The van der Waals surface area contributed by atoms with E-state index >= 15 is 0 Å². The van der Waals surface area contributed by atoms with Gasteiger partial charge in [-0.05, 0) is 61.2 Å². The molecule has 0 fully saturated rings. The largest absolute Gasteiger partial charge is 0.361 e. The van der Waals surface area contributed by atoms with Crippen LogP contribution >= 0.6 is 0 Å². The Bertz CT molecular complexity index is 1350. The van der Waals surface area contributed by atoms with Crippen molar-refractivity contribution >= 4 is 17.5 Å². The molecule has 186 valence electrons. The van der Waals surface area contributed by atoms with Crippen molar-refractivity contribution in [1.29, 1.82) is 0 Å². The molecule has 0 aromatic heterocycles. The molecule has 2 atom stereocenters. The van der Waals surface area contributed by atoms with E-state index in [9.17, 15) is 9.59 Å². The van der Waals surface area contributed by atoms with E-state index in [1.165, 1.54) is 5.56 Å². The van der Waals surface area contributed by atoms with Gasteiger partial charge < -0.3 is 15.5 Å². The minimum atomic E-state index is -0.271. The molecular weight excluding hydrogens is 458 g/mol. The fourth-order valence-electron chi connectivity index (χ4n) is 4.85. The van der Waals surface area contributed by atoms with Gasteiger partial charge >= 0.3 is 0 Å². The lowest BCUT2D eigenvalue weighted by atomic mass is 10.0. The van der Waals surface area contributed by atoms with Crippen LogP contribution in [-0.4, -0.2) is 22.8 Å². The monoisotopic (exact) mass is 489 g/mol. The number of rotatable bonds is 9. The second-order valence-electron chi connectivity index (χ2n) is 9.47. The fourth-order valence-corrected chi connectivity index (χ4v) is 4.85. The van der Waals surface area contributed by atoms with Crippen molar-refractivity contribution in [2.75, 3.05) is 5.32 Å². The van der Waals surface area contributed by atoms with Gasteiger partial charge in [0.25, 0.3) is 11.8 Å². The van der Waals surface area contributed by atoms with Crippen molar-refractivity contribution in [3.05, 3.63) is 137 Å². The molecule has 1 heterocycles. The van der Waals surface area contributed by atoms with Crippen molar-refractivity contribution in [2.45, 2.75) is 38.5 Å². The quantitative estimate of drug-likeness (QED) is 0.294. The Morgan fingerprint density at radius 2 is 1.43 bits per heavy atom. The molecule has 4 aromatic carbocycles. The van der Waals surface area contributed by atoms with Gasteiger partial charge in [-0.1, -0.05) is 78.9 Å². The fraction of sp³-hybridized carbons (Fsp3) is 0.188. The summed E-state index contributed by atoms with van der Waals surface area (Å²) in [6, 6.07) is 35.5. The number of nitrogens with one attached hydrogen (secondary N) is 2. The summed E-state index contributed by atoms with van der Waals surface area (Å²) >= 11 is 0. The average molecular weight is 490 g/mol. The molecule has 2 N–H and O–H groups in total. The van der Waals surface area contributed by atoms with Gasteiger partial charge in [-0.3, -0.25) is 9.59 Å². The van der Waals surface area contributed by atoms with Crippen LogP contribution in [0.25, 0.3) is 0 Å². The molecule has 37 heavy (non-hydrogen) atoms. The Morgan fingerprint density at radius 3 is 2.14 bits per heavy atom. The molecule has 0 aliphatic carbocycles. The highest BCUT2D eigenvalue weighted by atomic mass is 16.2. The van der Waals surface area contributed by atoms with Crippen molar-refractivity contribution in [2.24, 2.45) is 0 Å². The molecule has 0 radical (unpaired) electrons. The van der Waals surface area contributed by atoms with Crippen LogP contribution in [0.2, 0.25) is 0 Å². The van der Waals surface area contributed by atoms with Crippen LogP contribution in [0.3, 0.4) is 0 Å². The molecule has 0 saturated heterocycles. The zero-order valence-electron chi connectivity index (χ0n) is 20.9. The summed E-state index contributed by atoms with van der Waals surface area (Å²) in [5.74, 6) is -0.0708. The molecule has 5 rings (SSSR count). The second kappa shape index (κ2) is 11.1. The van der Waals surface area contributed by atoms with Crippen LogP contribution < -0.4 is 10.6 Å². The highest BCUT2D eigenvalue weighted by Crippen LogP contribution is 2.36. The molecule has 1 aliphatic heterocycles. The topological polar surface area (TPSA) is 61.4 Å². The standard InChI is InChI=1S/C32H31N3O2/c1-23(16-17-24-10-4-2-5-11-24)35-30(28-14-8-9-15-29(28)32(35)37)34-27-20-18-26(19-21-27)31(36)33-22-25-12-6-3-7-13-25/h2-15,18-21,23,30,34H,16-17,22H2,1H3,(H,33,36). The van der Waals surface area contributed by atoms with Gasteiger partial charge in [-0.2, -0.15) is 0 Å². The van der Waals surface area contributed by atoms with E-state index in [1.807, 2.05) is 102 Å². The first-order valence-electron chi connectivity index (χ1n) is 12.7. The van der Waals surface area contributed by atoms with Crippen LogP contribution in [0.1, 0.15) is 56.9 Å². The lowest BCUT2D eigenvalue weighted by molar-refractivity contribution is 0.0659. The Hall–Kier alpha value is -4.38. The third-order valence-corrected chi connectivity index (χ3v) is 6.91. The molecule has 2 amide bonds. The number of carbonyl (C=O) groups excluding carboxylic acids is 2. The normalized spacial score (nSPS) is 15.2. The third kappa shape index (κ3) is 5.56. The van der Waals surface area contributed by atoms with Gasteiger partial charge in [0.15, 0.2) is 0 Å². The summed E-state index contributed by atoms with van der Waals surface area (Å²) in [7, 11) is 0.